The Morgan fingerprint density at radius 3 is 2.68 bits per heavy atom. The molecule has 0 aliphatic heterocycles. The van der Waals surface area contributed by atoms with E-state index in [4.69, 9.17) is 11.6 Å². The summed E-state index contributed by atoms with van der Waals surface area (Å²) in [7, 11) is -3.68. The van der Waals surface area contributed by atoms with Crippen LogP contribution in [0.4, 0.5) is 5.82 Å². The molecule has 19 heavy (non-hydrogen) atoms. The second-order valence-corrected chi connectivity index (χ2v) is 6.92. The van der Waals surface area contributed by atoms with Crippen LogP contribution in [0.15, 0.2) is 45.9 Å². The minimum atomic E-state index is -3.68. The number of nitrogens with one attached hydrogen (secondary N) is 1. The van der Waals surface area contributed by atoms with Crippen LogP contribution in [-0.4, -0.2) is 13.4 Å². The quantitative estimate of drug-likeness (QED) is 0.908. The van der Waals surface area contributed by atoms with E-state index in [2.05, 4.69) is 25.6 Å². The van der Waals surface area contributed by atoms with Crippen molar-refractivity contribution >= 4 is 43.4 Å². The number of sulfonamides is 1. The Morgan fingerprint density at radius 1 is 1.32 bits per heavy atom. The average Bonchev–Trinajstić information content (AvgIpc) is 2.33. The van der Waals surface area contributed by atoms with Crippen LogP contribution in [0, 0.1) is 6.92 Å². The number of hydrogen-bond donors (Lipinski definition) is 1. The number of anilines is 1. The van der Waals surface area contributed by atoms with Gasteiger partial charge >= 0.3 is 0 Å². The van der Waals surface area contributed by atoms with Gasteiger partial charge in [-0.2, -0.15) is 0 Å². The van der Waals surface area contributed by atoms with Gasteiger partial charge in [-0.25, -0.2) is 13.4 Å². The van der Waals surface area contributed by atoms with Crippen molar-refractivity contribution in [3.05, 3.63) is 51.6 Å². The topological polar surface area (TPSA) is 59.1 Å². The van der Waals surface area contributed by atoms with Crippen molar-refractivity contribution in [3.8, 4) is 0 Å². The Bertz CT molecular complexity index is 719. The van der Waals surface area contributed by atoms with Crippen LogP contribution in [0.2, 0.25) is 5.02 Å². The third-order valence-electron chi connectivity index (χ3n) is 2.38. The zero-order chi connectivity index (χ0) is 14.0. The molecule has 1 aromatic heterocycles. The molecule has 0 bridgehead atoms. The van der Waals surface area contributed by atoms with Crippen molar-refractivity contribution in [3.63, 3.8) is 0 Å². The Morgan fingerprint density at radius 2 is 2.05 bits per heavy atom. The van der Waals surface area contributed by atoms with Gasteiger partial charge in [0.2, 0.25) is 0 Å². The van der Waals surface area contributed by atoms with Crippen LogP contribution >= 0.6 is 27.5 Å². The zero-order valence-corrected chi connectivity index (χ0v) is 13.1. The molecule has 0 spiro atoms. The molecule has 100 valence electrons. The first-order chi connectivity index (χ1) is 8.88. The Balaban J connectivity index is 2.36. The number of halogens is 2. The van der Waals surface area contributed by atoms with E-state index in [9.17, 15) is 8.42 Å². The highest BCUT2D eigenvalue weighted by atomic mass is 79.9. The van der Waals surface area contributed by atoms with Crippen molar-refractivity contribution < 1.29 is 8.42 Å². The summed E-state index contributed by atoms with van der Waals surface area (Å²) in [5, 5.41) is 0.364. The molecule has 0 unspecified atom stereocenters. The van der Waals surface area contributed by atoms with Gasteiger partial charge in [0.25, 0.3) is 10.0 Å². The number of nitrogens with zero attached hydrogens (tertiary/aromatic N) is 1. The van der Waals surface area contributed by atoms with Crippen molar-refractivity contribution in [2.24, 2.45) is 0 Å². The summed E-state index contributed by atoms with van der Waals surface area (Å²) in [6.45, 7) is 1.77. The molecule has 0 radical (unpaired) electrons. The van der Waals surface area contributed by atoms with Gasteiger partial charge in [0.05, 0.1) is 4.90 Å². The van der Waals surface area contributed by atoms with Gasteiger partial charge in [-0.05, 0) is 52.7 Å². The highest BCUT2D eigenvalue weighted by Gasteiger charge is 2.16. The molecule has 1 N–H and O–H groups in total. The summed E-state index contributed by atoms with van der Waals surface area (Å²) in [4.78, 5) is 4.14. The first-order valence-electron chi connectivity index (χ1n) is 5.29. The monoisotopic (exact) mass is 360 g/mol. The Kier molecular flexibility index (Phi) is 4.13. The Hall–Kier alpha value is -1.11. The number of pyridine rings is 1. The lowest BCUT2D eigenvalue weighted by Gasteiger charge is -2.09. The molecule has 1 heterocycles. The molecule has 1 aromatic carbocycles. The minimum Gasteiger partial charge on any atom is -0.263 e. The van der Waals surface area contributed by atoms with Gasteiger partial charge in [0, 0.05) is 15.7 Å². The molecular weight excluding hydrogens is 352 g/mol. The lowest BCUT2D eigenvalue weighted by Crippen LogP contribution is -2.14. The number of aromatic nitrogens is 1. The first kappa shape index (κ1) is 14.3. The highest BCUT2D eigenvalue weighted by molar-refractivity contribution is 9.10. The van der Waals surface area contributed by atoms with Crippen LogP contribution < -0.4 is 4.72 Å². The first-order valence-corrected chi connectivity index (χ1v) is 7.94. The summed E-state index contributed by atoms with van der Waals surface area (Å²) in [6, 6.07) is 7.84. The summed E-state index contributed by atoms with van der Waals surface area (Å²) < 4.78 is 27.6. The summed E-state index contributed by atoms with van der Waals surface area (Å²) in [5.74, 6) is 0.295. The van der Waals surface area contributed by atoms with Crippen LogP contribution in [0.5, 0.6) is 0 Å². The van der Waals surface area contributed by atoms with E-state index in [1.54, 1.807) is 25.1 Å². The molecule has 0 saturated carbocycles. The number of benzene rings is 1. The summed E-state index contributed by atoms with van der Waals surface area (Å²) in [6.07, 6.45) is 1.53. The second kappa shape index (κ2) is 5.48. The van der Waals surface area contributed by atoms with E-state index >= 15 is 0 Å². The zero-order valence-electron chi connectivity index (χ0n) is 9.89. The fourth-order valence-corrected chi connectivity index (χ4v) is 3.29. The minimum absolute atomic E-state index is 0.101. The van der Waals surface area contributed by atoms with Crippen molar-refractivity contribution in [2.75, 3.05) is 4.72 Å². The van der Waals surface area contributed by atoms with Crippen LogP contribution in [-0.2, 0) is 10.0 Å². The van der Waals surface area contributed by atoms with Gasteiger partial charge in [0.1, 0.15) is 5.82 Å². The second-order valence-electron chi connectivity index (χ2n) is 3.88. The fourth-order valence-electron chi connectivity index (χ4n) is 1.47. The third-order valence-corrected chi connectivity index (χ3v) is 4.39. The Labute approximate surface area is 125 Å². The maximum atomic E-state index is 12.2. The largest absolute Gasteiger partial charge is 0.263 e. The van der Waals surface area contributed by atoms with Gasteiger partial charge in [-0.3, -0.25) is 4.72 Å². The molecule has 0 fully saturated rings. The van der Waals surface area contributed by atoms with Gasteiger partial charge in [-0.1, -0.05) is 17.7 Å². The van der Waals surface area contributed by atoms with Crippen molar-refractivity contribution in [1.29, 1.82) is 0 Å². The van der Waals surface area contributed by atoms with Gasteiger partial charge < -0.3 is 0 Å². The molecule has 2 rings (SSSR count). The van der Waals surface area contributed by atoms with Crippen LogP contribution in [0.25, 0.3) is 0 Å². The number of rotatable bonds is 3. The SMILES string of the molecule is Cc1cc(Br)cnc1NS(=O)(=O)c1cccc(Cl)c1. The van der Waals surface area contributed by atoms with E-state index in [0.29, 0.717) is 10.8 Å². The lowest BCUT2D eigenvalue weighted by atomic mass is 10.3. The third kappa shape index (κ3) is 3.46. The molecule has 0 aliphatic carbocycles. The predicted octanol–water partition coefficient (Wildman–Crippen LogP) is 3.61. The van der Waals surface area contributed by atoms with Gasteiger partial charge in [-0.15, -0.1) is 0 Å². The highest BCUT2D eigenvalue weighted by Crippen LogP contribution is 2.21. The molecule has 4 nitrogen and oxygen atoms in total. The fraction of sp³-hybridized carbons (Fsp3) is 0.0833. The molecule has 7 heteroatoms. The standard InChI is InChI=1S/C12H10BrClN2O2S/c1-8-5-9(13)7-15-12(8)16-19(17,18)11-4-2-3-10(14)6-11/h2-7H,1H3,(H,15,16). The van der Waals surface area contributed by atoms with E-state index in [0.717, 1.165) is 10.0 Å². The van der Waals surface area contributed by atoms with Crippen molar-refractivity contribution in [1.82, 2.24) is 4.98 Å². The van der Waals surface area contributed by atoms with E-state index in [-0.39, 0.29) is 4.90 Å². The number of hydrogen-bond acceptors (Lipinski definition) is 3. The van der Waals surface area contributed by atoms with E-state index < -0.39 is 10.0 Å². The molecule has 0 saturated heterocycles. The van der Waals surface area contributed by atoms with Gasteiger partial charge in [0.15, 0.2) is 0 Å². The van der Waals surface area contributed by atoms with Crippen LogP contribution in [0.1, 0.15) is 5.56 Å². The number of aryl methyl sites for hydroxylation is 1. The molecule has 0 amide bonds. The normalized spacial score (nSPS) is 11.3. The lowest BCUT2D eigenvalue weighted by molar-refractivity contribution is 0.601. The van der Waals surface area contributed by atoms with Crippen molar-refractivity contribution in [2.45, 2.75) is 11.8 Å². The molecule has 0 atom stereocenters. The smallest absolute Gasteiger partial charge is 0.263 e. The maximum absolute atomic E-state index is 12.2. The molecule has 0 aliphatic rings. The summed E-state index contributed by atoms with van der Waals surface area (Å²) in [5.41, 5.74) is 0.722. The predicted molar refractivity (Wildman–Crippen MR) is 78.9 cm³/mol. The van der Waals surface area contributed by atoms with Crippen LogP contribution in [0.3, 0.4) is 0 Å². The van der Waals surface area contributed by atoms with E-state index in [1.165, 1.54) is 18.3 Å². The van der Waals surface area contributed by atoms with E-state index in [1.807, 2.05) is 0 Å². The molecular formula is C12H10BrClN2O2S. The maximum Gasteiger partial charge on any atom is 0.263 e. The average molecular weight is 362 g/mol. The molecule has 2 aromatic rings. The summed E-state index contributed by atoms with van der Waals surface area (Å²) >= 11 is 9.07.